The molecule has 1 aliphatic heterocycles. The third-order valence-corrected chi connectivity index (χ3v) is 3.71. The van der Waals surface area contributed by atoms with E-state index in [-0.39, 0.29) is 11.8 Å². The summed E-state index contributed by atoms with van der Waals surface area (Å²) in [4.78, 5) is 28.0. The molecule has 0 atom stereocenters. The van der Waals surface area contributed by atoms with E-state index < -0.39 is 0 Å². The molecule has 1 aliphatic rings. The lowest BCUT2D eigenvalue weighted by Crippen LogP contribution is -2.49. The smallest absolute Gasteiger partial charge is 0.254 e. The molecule has 0 radical (unpaired) electrons. The first-order valence-corrected chi connectivity index (χ1v) is 7.85. The molecule has 22 heavy (non-hydrogen) atoms. The van der Waals surface area contributed by atoms with Crippen molar-refractivity contribution in [3.05, 3.63) is 29.8 Å². The highest BCUT2D eigenvalue weighted by Crippen LogP contribution is 2.14. The van der Waals surface area contributed by atoms with Crippen LogP contribution in [0.4, 0.5) is 5.69 Å². The van der Waals surface area contributed by atoms with Gasteiger partial charge in [0.25, 0.3) is 5.91 Å². The zero-order valence-corrected chi connectivity index (χ0v) is 13.6. The maximum Gasteiger partial charge on any atom is 0.254 e. The van der Waals surface area contributed by atoms with Crippen LogP contribution in [0, 0.1) is 5.92 Å². The normalized spacial score (nSPS) is 15.9. The predicted molar refractivity (Wildman–Crippen MR) is 87.9 cm³/mol. The van der Waals surface area contributed by atoms with Gasteiger partial charge in [0.05, 0.1) is 0 Å². The van der Waals surface area contributed by atoms with Gasteiger partial charge in [-0.15, -0.1) is 0 Å². The number of anilines is 1. The van der Waals surface area contributed by atoms with E-state index in [1.807, 2.05) is 4.90 Å². The number of piperazine rings is 1. The minimum atomic E-state index is -0.133. The Bertz CT molecular complexity index is 534. The molecular formula is C17H25N3O2. The lowest BCUT2D eigenvalue weighted by molar-refractivity contribution is -0.114. The Morgan fingerprint density at radius 2 is 1.86 bits per heavy atom. The zero-order valence-electron chi connectivity index (χ0n) is 13.6. The van der Waals surface area contributed by atoms with Gasteiger partial charge in [-0.25, -0.2) is 0 Å². The molecule has 1 aromatic rings. The van der Waals surface area contributed by atoms with Gasteiger partial charge >= 0.3 is 0 Å². The van der Waals surface area contributed by atoms with Gasteiger partial charge in [-0.05, 0) is 24.1 Å². The number of benzene rings is 1. The predicted octanol–water partition coefficient (Wildman–Crippen LogP) is 2.06. The van der Waals surface area contributed by atoms with Crippen LogP contribution >= 0.6 is 0 Å². The van der Waals surface area contributed by atoms with Gasteiger partial charge in [0, 0.05) is 50.9 Å². The largest absolute Gasteiger partial charge is 0.336 e. The summed E-state index contributed by atoms with van der Waals surface area (Å²) in [5, 5.41) is 2.71. The highest BCUT2D eigenvalue weighted by atomic mass is 16.2. The molecule has 1 N–H and O–H groups in total. The minimum Gasteiger partial charge on any atom is -0.336 e. The molecule has 5 nitrogen and oxygen atoms in total. The molecule has 1 heterocycles. The average molecular weight is 303 g/mol. The van der Waals surface area contributed by atoms with Crippen molar-refractivity contribution < 1.29 is 9.59 Å². The second-order valence-corrected chi connectivity index (χ2v) is 6.25. The van der Waals surface area contributed by atoms with Crippen LogP contribution < -0.4 is 5.32 Å². The molecule has 2 amide bonds. The summed E-state index contributed by atoms with van der Waals surface area (Å²) in [7, 11) is 0. The second-order valence-electron chi connectivity index (χ2n) is 6.25. The van der Waals surface area contributed by atoms with Crippen LogP contribution in [-0.2, 0) is 4.79 Å². The van der Waals surface area contributed by atoms with Crippen molar-refractivity contribution in [1.82, 2.24) is 9.80 Å². The number of nitrogens with zero attached hydrogens (tertiary/aromatic N) is 2. The summed E-state index contributed by atoms with van der Waals surface area (Å²) in [5.41, 5.74) is 1.29. The first kappa shape index (κ1) is 16.5. The maximum absolute atomic E-state index is 12.6. The maximum atomic E-state index is 12.6. The highest BCUT2D eigenvalue weighted by Gasteiger charge is 2.22. The van der Waals surface area contributed by atoms with Gasteiger partial charge in [0.2, 0.25) is 5.91 Å². The first-order valence-electron chi connectivity index (χ1n) is 7.85. The zero-order chi connectivity index (χ0) is 16.1. The van der Waals surface area contributed by atoms with E-state index in [9.17, 15) is 9.59 Å². The molecule has 0 unspecified atom stereocenters. The number of carbonyl (C=O) groups is 2. The molecule has 2 rings (SSSR count). The monoisotopic (exact) mass is 303 g/mol. The quantitative estimate of drug-likeness (QED) is 0.926. The molecular weight excluding hydrogens is 278 g/mol. The number of carbonyl (C=O) groups excluding carboxylic acids is 2. The van der Waals surface area contributed by atoms with E-state index in [1.54, 1.807) is 24.3 Å². The fourth-order valence-corrected chi connectivity index (χ4v) is 2.77. The van der Waals surface area contributed by atoms with E-state index in [0.717, 1.165) is 32.7 Å². The van der Waals surface area contributed by atoms with Gasteiger partial charge in [-0.2, -0.15) is 0 Å². The van der Waals surface area contributed by atoms with E-state index in [0.29, 0.717) is 17.2 Å². The van der Waals surface area contributed by atoms with Crippen LogP contribution in [-0.4, -0.2) is 54.3 Å². The lowest BCUT2D eigenvalue weighted by atomic mass is 10.1. The van der Waals surface area contributed by atoms with Crippen LogP contribution in [0.25, 0.3) is 0 Å². The van der Waals surface area contributed by atoms with Crippen LogP contribution in [0.1, 0.15) is 31.1 Å². The average Bonchev–Trinajstić information content (AvgIpc) is 2.46. The molecule has 0 bridgehead atoms. The molecule has 1 saturated heterocycles. The Kier molecular flexibility index (Phi) is 5.55. The Labute approximate surface area is 132 Å². The molecule has 0 saturated carbocycles. The third-order valence-electron chi connectivity index (χ3n) is 3.71. The molecule has 5 heteroatoms. The standard InChI is InChI=1S/C17H25N3O2/c1-13(2)12-19-7-9-20(10-8-19)17(22)15-5-4-6-16(11-15)18-14(3)21/h4-6,11,13H,7-10,12H2,1-3H3,(H,18,21). The number of rotatable bonds is 4. The summed E-state index contributed by atoms with van der Waals surface area (Å²) < 4.78 is 0. The number of nitrogens with one attached hydrogen (secondary N) is 1. The van der Waals surface area contributed by atoms with Crippen molar-refractivity contribution >= 4 is 17.5 Å². The van der Waals surface area contributed by atoms with Crippen molar-refractivity contribution in [2.75, 3.05) is 38.0 Å². The van der Waals surface area contributed by atoms with Gasteiger partial charge in [-0.3, -0.25) is 14.5 Å². The van der Waals surface area contributed by atoms with Crippen LogP contribution in [0.3, 0.4) is 0 Å². The summed E-state index contributed by atoms with van der Waals surface area (Å²) in [6.45, 7) is 10.3. The Hall–Kier alpha value is -1.88. The molecule has 0 aromatic heterocycles. The van der Waals surface area contributed by atoms with Crippen molar-refractivity contribution in [1.29, 1.82) is 0 Å². The molecule has 0 aliphatic carbocycles. The lowest BCUT2D eigenvalue weighted by Gasteiger charge is -2.35. The molecule has 1 fully saturated rings. The van der Waals surface area contributed by atoms with Gasteiger partial charge in [0.1, 0.15) is 0 Å². The Morgan fingerprint density at radius 3 is 2.45 bits per heavy atom. The molecule has 120 valence electrons. The van der Waals surface area contributed by atoms with Crippen molar-refractivity contribution in [3.63, 3.8) is 0 Å². The van der Waals surface area contributed by atoms with Crippen molar-refractivity contribution in [2.24, 2.45) is 5.92 Å². The summed E-state index contributed by atoms with van der Waals surface area (Å²) >= 11 is 0. The highest BCUT2D eigenvalue weighted by molar-refractivity contribution is 5.96. The summed E-state index contributed by atoms with van der Waals surface area (Å²) in [5.74, 6) is 0.555. The fraction of sp³-hybridized carbons (Fsp3) is 0.529. The van der Waals surface area contributed by atoms with Crippen LogP contribution in [0.5, 0.6) is 0 Å². The van der Waals surface area contributed by atoms with E-state index in [4.69, 9.17) is 0 Å². The van der Waals surface area contributed by atoms with Crippen LogP contribution in [0.2, 0.25) is 0 Å². The van der Waals surface area contributed by atoms with Gasteiger partial charge in [-0.1, -0.05) is 19.9 Å². The molecule has 1 aromatic carbocycles. The van der Waals surface area contributed by atoms with Crippen molar-refractivity contribution in [2.45, 2.75) is 20.8 Å². The van der Waals surface area contributed by atoms with Gasteiger partial charge in [0.15, 0.2) is 0 Å². The minimum absolute atomic E-state index is 0.0383. The Balaban J connectivity index is 1.96. The topological polar surface area (TPSA) is 52.7 Å². The van der Waals surface area contributed by atoms with Crippen molar-refractivity contribution in [3.8, 4) is 0 Å². The summed E-state index contributed by atoms with van der Waals surface area (Å²) in [6.07, 6.45) is 0. The third kappa shape index (κ3) is 4.56. The van der Waals surface area contributed by atoms with E-state index >= 15 is 0 Å². The SMILES string of the molecule is CC(=O)Nc1cccc(C(=O)N2CCN(CC(C)C)CC2)c1. The number of amides is 2. The van der Waals surface area contributed by atoms with Gasteiger partial charge < -0.3 is 10.2 Å². The molecule has 0 spiro atoms. The number of hydrogen-bond donors (Lipinski definition) is 1. The fourth-order valence-electron chi connectivity index (χ4n) is 2.77. The van der Waals surface area contributed by atoms with E-state index in [2.05, 4.69) is 24.1 Å². The number of hydrogen-bond acceptors (Lipinski definition) is 3. The van der Waals surface area contributed by atoms with E-state index in [1.165, 1.54) is 6.92 Å². The van der Waals surface area contributed by atoms with Crippen LogP contribution in [0.15, 0.2) is 24.3 Å². The Morgan fingerprint density at radius 1 is 1.18 bits per heavy atom. The second kappa shape index (κ2) is 7.40. The summed E-state index contributed by atoms with van der Waals surface area (Å²) in [6, 6.07) is 7.13. The first-order chi connectivity index (χ1) is 10.5.